The number of hydrogen-bond donors (Lipinski definition) is 0. The third kappa shape index (κ3) is 6.82. The van der Waals surface area contributed by atoms with Gasteiger partial charge in [-0.2, -0.15) is 0 Å². The Hall–Kier alpha value is -3.45. The average Bonchev–Trinajstić information content (AvgIpc) is 2.85. The largest absolute Gasteiger partial charge is 0.295 e. The summed E-state index contributed by atoms with van der Waals surface area (Å²) >= 11 is 0. The molecule has 0 amide bonds. The molecule has 0 aromatic heterocycles. The van der Waals surface area contributed by atoms with Gasteiger partial charge in [-0.1, -0.05) is 149 Å². The summed E-state index contributed by atoms with van der Waals surface area (Å²) in [5.41, 5.74) is 8.82. The van der Waals surface area contributed by atoms with Crippen molar-refractivity contribution in [3.8, 4) is 0 Å². The SMILES string of the molecule is C.CC(=O)c1ccccc1.Cc1ccc(C(C)(C)c2ccc(C(C)(C)c3cccc(C)c3)cc2)cc1. The van der Waals surface area contributed by atoms with Crippen LogP contribution in [-0.2, 0) is 10.8 Å². The third-order valence-corrected chi connectivity index (χ3v) is 7.02. The molecule has 0 radical (unpaired) electrons. The van der Waals surface area contributed by atoms with Crippen LogP contribution in [0.1, 0.15) is 85.8 Å². The molecule has 0 saturated carbocycles. The first-order chi connectivity index (χ1) is 16.5. The molecule has 0 aliphatic rings. The number of hydrogen-bond acceptors (Lipinski definition) is 1. The summed E-state index contributed by atoms with van der Waals surface area (Å²) in [7, 11) is 0. The van der Waals surface area contributed by atoms with Crippen LogP contribution in [-0.4, -0.2) is 5.78 Å². The Bertz CT molecular complexity index is 1240. The van der Waals surface area contributed by atoms with Crippen LogP contribution in [0.2, 0.25) is 0 Å². The maximum Gasteiger partial charge on any atom is 0.159 e. The van der Waals surface area contributed by atoms with Crippen LogP contribution in [0, 0.1) is 13.8 Å². The van der Waals surface area contributed by atoms with Gasteiger partial charge < -0.3 is 0 Å². The molecule has 0 bridgehead atoms. The van der Waals surface area contributed by atoms with E-state index < -0.39 is 0 Å². The highest BCUT2D eigenvalue weighted by molar-refractivity contribution is 5.93. The molecule has 1 nitrogen and oxygen atoms in total. The fourth-order valence-electron chi connectivity index (χ4n) is 4.31. The highest BCUT2D eigenvalue weighted by atomic mass is 16.1. The van der Waals surface area contributed by atoms with Crippen LogP contribution in [0.4, 0.5) is 0 Å². The van der Waals surface area contributed by atoms with Crippen molar-refractivity contribution in [2.45, 2.75) is 66.7 Å². The molecule has 0 aliphatic carbocycles. The Morgan fingerprint density at radius 1 is 0.528 bits per heavy atom. The number of aryl methyl sites for hydroxylation is 2. The minimum atomic E-state index is -0.00144. The van der Waals surface area contributed by atoms with Crippen LogP contribution < -0.4 is 0 Å². The van der Waals surface area contributed by atoms with Gasteiger partial charge in [0, 0.05) is 16.4 Å². The molecule has 0 heterocycles. The van der Waals surface area contributed by atoms with Gasteiger partial charge in [0.1, 0.15) is 0 Å². The zero-order chi connectivity index (χ0) is 25.6. The molecule has 4 aromatic carbocycles. The van der Waals surface area contributed by atoms with Gasteiger partial charge in [0.25, 0.3) is 0 Å². The van der Waals surface area contributed by atoms with Crippen molar-refractivity contribution in [2.24, 2.45) is 0 Å². The second-order valence-corrected chi connectivity index (χ2v) is 10.5. The summed E-state index contributed by atoms with van der Waals surface area (Å²) in [4.78, 5) is 10.6. The van der Waals surface area contributed by atoms with Crippen molar-refractivity contribution < 1.29 is 4.79 Å². The van der Waals surface area contributed by atoms with Crippen molar-refractivity contribution >= 4 is 5.78 Å². The molecule has 4 rings (SSSR count). The molecule has 4 aromatic rings. The fourth-order valence-corrected chi connectivity index (χ4v) is 4.31. The predicted molar refractivity (Wildman–Crippen MR) is 156 cm³/mol. The molecule has 0 unspecified atom stereocenters. The number of carbonyl (C=O) groups is 1. The number of Topliss-reactive ketones (excluding diaryl/α,β-unsaturated/α-hetero) is 1. The minimum absolute atomic E-state index is 0. The lowest BCUT2D eigenvalue weighted by molar-refractivity contribution is 0.101. The van der Waals surface area contributed by atoms with E-state index in [-0.39, 0.29) is 24.0 Å². The Labute approximate surface area is 219 Å². The Balaban J connectivity index is 0.000000386. The first kappa shape index (κ1) is 28.8. The number of benzene rings is 4. The lowest BCUT2D eigenvalue weighted by Crippen LogP contribution is -2.21. The van der Waals surface area contributed by atoms with Crippen molar-refractivity contribution in [3.05, 3.63) is 142 Å². The van der Waals surface area contributed by atoms with Crippen LogP contribution in [0.5, 0.6) is 0 Å². The number of ketones is 1. The van der Waals surface area contributed by atoms with E-state index in [9.17, 15) is 4.79 Å². The summed E-state index contributed by atoms with van der Waals surface area (Å²) in [6.07, 6.45) is 0. The monoisotopic (exact) mass is 478 g/mol. The van der Waals surface area contributed by atoms with Gasteiger partial charge in [-0.3, -0.25) is 4.79 Å². The second kappa shape index (κ2) is 12.0. The second-order valence-electron chi connectivity index (χ2n) is 10.5. The number of rotatable bonds is 5. The van der Waals surface area contributed by atoms with E-state index in [4.69, 9.17) is 0 Å². The summed E-state index contributed by atoms with van der Waals surface area (Å²) in [6, 6.07) is 36.2. The van der Waals surface area contributed by atoms with Gasteiger partial charge in [-0.05, 0) is 43.0 Å². The zero-order valence-corrected chi connectivity index (χ0v) is 22.2. The molecular weight excluding hydrogens is 436 g/mol. The standard InChI is InChI=1S/C26H30.C8H8O.CH4/c1-19-10-12-21(13-11-19)25(3,4)22-14-16-23(17-15-22)26(5,6)24-9-7-8-20(2)18-24;1-7(9)8-5-3-2-4-6-8;/h7-18H,1-6H3;2-6H,1H3;1H4. The smallest absolute Gasteiger partial charge is 0.159 e. The molecule has 0 N–H and O–H groups in total. The number of carbonyl (C=O) groups excluding carboxylic acids is 1. The average molecular weight is 479 g/mol. The molecule has 0 saturated heterocycles. The van der Waals surface area contributed by atoms with Gasteiger partial charge in [-0.15, -0.1) is 0 Å². The molecule has 0 atom stereocenters. The summed E-state index contributed by atoms with van der Waals surface area (Å²) in [6.45, 7) is 15.1. The summed E-state index contributed by atoms with van der Waals surface area (Å²) in [5, 5.41) is 0. The highest BCUT2D eigenvalue weighted by Gasteiger charge is 2.26. The molecular formula is C35H42O. The van der Waals surface area contributed by atoms with E-state index in [2.05, 4.69) is 114 Å². The molecule has 0 aliphatic heterocycles. The maximum atomic E-state index is 10.6. The molecule has 0 fully saturated rings. The van der Waals surface area contributed by atoms with Crippen LogP contribution >= 0.6 is 0 Å². The molecule has 0 spiro atoms. The van der Waals surface area contributed by atoms with E-state index in [1.54, 1.807) is 6.92 Å². The van der Waals surface area contributed by atoms with E-state index in [1.165, 1.54) is 33.4 Å². The lowest BCUT2D eigenvalue weighted by Gasteiger charge is -2.29. The molecule has 1 heteroatoms. The van der Waals surface area contributed by atoms with Gasteiger partial charge in [-0.25, -0.2) is 0 Å². The first-order valence-corrected chi connectivity index (χ1v) is 12.3. The first-order valence-electron chi connectivity index (χ1n) is 12.3. The topological polar surface area (TPSA) is 17.1 Å². The maximum absolute atomic E-state index is 10.6. The predicted octanol–water partition coefficient (Wildman–Crippen LogP) is 9.48. The Kier molecular flexibility index (Phi) is 9.59. The van der Waals surface area contributed by atoms with E-state index >= 15 is 0 Å². The van der Waals surface area contributed by atoms with E-state index in [0.717, 1.165) is 5.56 Å². The van der Waals surface area contributed by atoms with Crippen molar-refractivity contribution in [3.63, 3.8) is 0 Å². The van der Waals surface area contributed by atoms with Crippen LogP contribution in [0.15, 0.2) is 103 Å². The van der Waals surface area contributed by atoms with Gasteiger partial charge in [0.15, 0.2) is 5.78 Å². The Morgan fingerprint density at radius 2 is 0.972 bits per heavy atom. The quantitative estimate of drug-likeness (QED) is 0.261. The lowest BCUT2D eigenvalue weighted by atomic mass is 9.74. The van der Waals surface area contributed by atoms with Crippen molar-refractivity contribution in [1.29, 1.82) is 0 Å². The highest BCUT2D eigenvalue weighted by Crippen LogP contribution is 2.35. The van der Waals surface area contributed by atoms with E-state index in [1.807, 2.05) is 30.3 Å². The fraction of sp³-hybridized carbons (Fsp3) is 0.286. The zero-order valence-electron chi connectivity index (χ0n) is 22.2. The Morgan fingerprint density at radius 3 is 1.39 bits per heavy atom. The van der Waals surface area contributed by atoms with Gasteiger partial charge >= 0.3 is 0 Å². The normalized spacial score (nSPS) is 11.1. The molecule has 188 valence electrons. The minimum Gasteiger partial charge on any atom is -0.295 e. The summed E-state index contributed by atoms with van der Waals surface area (Å²) < 4.78 is 0. The summed E-state index contributed by atoms with van der Waals surface area (Å²) in [5.74, 6) is 0.121. The van der Waals surface area contributed by atoms with Crippen molar-refractivity contribution in [2.75, 3.05) is 0 Å². The van der Waals surface area contributed by atoms with Gasteiger partial charge in [0.05, 0.1) is 0 Å². The van der Waals surface area contributed by atoms with Crippen LogP contribution in [0.3, 0.4) is 0 Å². The van der Waals surface area contributed by atoms with E-state index in [0.29, 0.717) is 0 Å². The third-order valence-electron chi connectivity index (χ3n) is 7.02. The molecule has 36 heavy (non-hydrogen) atoms. The van der Waals surface area contributed by atoms with Crippen LogP contribution in [0.25, 0.3) is 0 Å². The van der Waals surface area contributed by atoms with Gasteiger partial charge in [0.2, 0.25) is 0 Å². The van der Waals surface area contributed by atoms with Crippen molar-refractivity contribution in [1.82, 2.24) is 0 Å².